The number of aldehydes is 1. The molecule has 5 heteroatoms. The molecule has 0 aromatic carbocycles. The molecular weight excluding hydrogens is 246 g/mol. The Kier molecular flexibility index (Phi) is 2.99. The smallest absolute Gasteiger partial charge is 0.165 e. The summed E-state index contributed by atoms with van der Waals surface area (Å²) in [5, 5.41) is 2.92. The van der Waals surface area contributed by atoms with Gasteiger partial charge in [-0.3, -0.25) is 9.79 Å². The topological polar surface area (TPSA) is 45.6 Å². The number of amidine groups is 1. The largest absolute Gasteiger partial charge is 0.327 e. The van der Waals surface area contributed by atoms with E-state index >= 15 is 0 Å². The minimum atomic E-state index is 0.501. The number of nitrogens with zero attached hydrogens (tertiary/aromatic N) is 3. The highest BCUT2D eigenvalue weighted by Gasteiger charge is 2.34. The third-order valence-electron chi connectivity index (χ3n) is 3.62. The van der Waals surface area contributed by atoms with Crippen LogP contribution in [0.3, 0.4) is 0 Å². The Morgan fingerprint density at radius 2 is 2.50 bits per heavy atom. The van der Waals surface area contributed by atoms with Crippen molar-refractivity contribution < 1.29 is 4.79 Å². The first-order valence-electron chi connectivity index (χ1n) is 6.22. The summed E-state index contributed by atoms with van der Waals surface area (Å²) in [6, 6.07) is 0. The second-order valence-electron chi connectivity index (χ2n) is 4.66. The zero-order chi connectivity index (χ0) is 12.5. The Morgan fingerprint density at radius 3 is 3.17 bits per heavy atom. The lowest BCUT2D eigenvalue weighted by Gasteiger charge is -2.25. The fraction of sp³-hybridized carbons (Fsp3) is 0.462. The molecule has 2 aliphatic rings. The van der Waals surface area contributed by atoms with Crippen LogP contribution >= 0.6 is 11.3 Å². The second kappa shape index (κ2) is 4.65. The van der Waals surface area contributed by atoms with E-state index in [1.807, 2.05) is 5.38 Å². The highest BCUT2D eigenvalue weighted by Crippen LogP contribution is 2.34. The lowest BCUT2D eigenvalue weighted by atomic mass is 10.0. The molecule has 1 fully saturated rings. The Morgan fingerprint density at radius 1 is 1.61 bits per heavy atom. The van der Waals surface area contributed by atoms with E-state index in [1.165, 1.54) is 0 Å². The van der Waals surface area contributed by atoms with Crippen molar-refractivity contribution in [3.63, 3.8) is 0 Å². The van der Waals surface area contributed by atoms with Gasteiger partial charge in [0.1, 0.15) is 6.29 Å². The van der Waals surface area contributed by atoms with Crippen molar-refractivity contribution in [2.75, 3.05) is 13.1 Å². The van der Waals surface area contributed by atoms with Crippen LogP contribution in [0.25, 0.3) is 0 Å². The number of hydrogen-bond donors (Lipinski definition) is 0. The Balaban J connectivity index is 1.97. The molecule has 3 rings (SSSR count). The SMILES string of the molecule is CCC1CC2=C(C=O)CN=C(c3nccs3)N2C1. The van der Waals surface area contributed by atoms with E-state index in [2.05, 4.69) is 21.8 Å². The van der Waals surface area contributed by atoms with Gasteiger partial charge in [0, 0.05) is 29.4 Å². The van der Waals surface area contributed by atoms with E-state index < -0.39 is 0 Å². The average molecular weight is 261 g/mol. The summed E-state index contributed by atoms with van der Waals surface area (Å²) in [6.07, 6.45) is 4.89. The normalized spacial score (nSPS) is 23.1. The summed E-state index contributed by atoms with van der Waals surface area (Å²) in [4.78, 5) is 22.2. The first-order chi connectivity index (χ1) is 8.83. The van der Waals surface area contributed by atoms with E-state index in [0.29, 0.717) is 12.5 Å². The summed E-state index contributed by atoms with van der Waals surface area (Å²) >= 11 is 1.60. The molecule has 0 N–H and O–H groups in total. The maximum Gasteiger partial charge on any atom is 0.165 e. The minimum Gasteiger partial charge on any atom is -0.327 e. The molecule has 1 atom stereocenters. The van der Waals surface area contributed by atoms with Crippen LogP contribution in [0.1, 0.15) is 24.8 Å². The molecule has 0 saturated carbocycles. The Hall–Kier alpha value is -1.49. The van der Waals surface area contributed by atoms with Crippen LogP contribution in [-0.2, 0) is 4.79 Å². The summed E-state index contributed by atoms with van der Waals surface area (Å²) in [5.74, 6) is 1.57. The molecule has 2 aliphatic heterocycles. The number of allylic oxidation sites excluding steroid dienone is 1. The van der Waals surface area contributed by atoms with Gasteiger partial charge in [-0.1, -0.05) is 13.3 Å². The van der Waals surface area contributed by atoms with Crippen LogP contribution < -0.4 is 0 Å². The molecule has 0 bridgehead atoms. The number of aliphatic imine (C=N–C) groups is 1. The van der Waals surface area contributed by atoms with Gasteiger partial charge in [0.2, 0.25) is 0 Å². The number of hydrogen-bond acceptors (Lipinski definition) is 5. The van der Waals surface area contributed by atoms with Crippen molar-refractivity contribution in [3.05, 3.63) is 27.9 Å². The predicted octanol–water partition coefficient (Wildman–Crippen LogP) is 2.09. The highest BCUT2D eigenvalue weighted by molar-refractivity contribution is 7.11. The zero-order valence-corrected chi connectivity index (χ0v) is 11.1. The van der Waals surface area contributed by atoms with Gasteiger partial charge >= 0.3 is 0 Å². The molecule has 0 amide bonds. The van der Waals surface area contributed by atoms with E-state index in [4.69, 9.17) is 0 Å². The molecule has 1 aromatic rings. The van der Waals surface area contributed by atoms with Crippen molar-refractivity contribution in [2.24, 2.45) is 10.9 Å². The molecule has 4 nitrogen and oxygen atoms in total. The van der Waals surface area contributed by atoms with Crippen LogP contribution in [0.2, 0.25) is 0 Å². The second-order valence-corrected chi connectivity index (χ2v) is 5.55. The van der Waals surface area contributed by atoms with Crippen LogP contribution in [0, 0.1) is 5.92 Å². The fourth-order valence-corrected chi connectivity index (χ4v) is 3.22. The van der Waals surface area contributed by atoms with Gasteiger partial charge in [-0.2, -0.15) is 0 Å². The molecule has 1 saturated heterocycles. The van der Waals surface area contributed by atoms with Gasteiger partial charge in [0.25, 0.3) is 0 Å². The first kappa shape index (κ1) is 11.6. The van der Waals surface area contributed by atoms with Crippen LogP contribution in [0.5, 0.6) is 0 Å². The van der Waals surface area contributed by atoms with Gasteiger partial charge in [0.05, 0.1) is 6.54 Å². The van der Waals surface area contributed by atoms with Crippen LogP contribution in [-0.4, -0.2) is 35.1 Å². The van der Waals surface area contributed by atoms with Crippen molar-refractivity contribution in [1.29, 1.82) is 0 Å². The van der Waals surface area contributed by atoms with Gasteiger partial charge in [0.15, 0.2) is 10.8 Å². The molecule has 1 aromatic heterocycles. The van der Waals surface area contributed by atoms with Crippen LogP contribution in [0.4, 0.5) is 0 Å². The van der Waals surface area contributed by atoms with Gasteiger partial charge < -0.3 is 4.90 Å². The monoisotopic (exact) mass is 261 g/mol. The van der Waals surface area contributed by atoms with E-state index in [0.717, 1.165) is 47.8 Å². The highest BCUT2D eigenvalue weighted by atomic mass is 32.1. The quantitative estimate of drug-likeness (QED) is 0.783. The molecule has 0 radical (unpaired) electrons. The maximum absolute atomic E-state index is 11.1. The molecule has 0 aliphatic carbocycles. The minimum absolute atomic E-state index is 0.501. The molecule has 1 unspecified atom stereocenters. The van der Waals surface area contributed by atoms with E-state index in [9.17, 15) is 4.79 Å². The van der Waals surface area contributed by atoms with Gasteiger partial charge in [-0.15, -0.1) is 11.3 Å². The van der Waals surface area contributed by atoms with Crippen molar-refractivity contribution in [2.45, 2.75) is 19.8 Å². The zero-order valence-electron chi connectivity index (χ0n) is 10.3. The molecule has 94 valence electrons. The maximum atomic E-state index is 11.1. The lowest BCUT2D eigenvalue weighted by Crippen LogP contribution is -2.32. The number of thiazole rings is 1. The van der Waals surface area contributed by atoms with E-state index in [1.54, 1.807) is 17.5 Å². The third-order valence-corrected chi connectivity index (χ3v) is 4.39. The number of aromatic nitrogens is 1. The van der Waals surface area contributed by atoms with Crippen molar-refractivity contribution in [1.82, 2.24) is 9.88 Å². The Labute approximate surface area is 110 Å². The first-order valence-corrected chi connectivity index (χ1v) is 7.10. The number of rotatable bonds is 3. The summed E-state index contributed by atoms with van der Waals surface area (Å²) in [5.41, 5.74) is 2.00. The summed E-state index contributed by atoms with van der Waals surface area (Å²) < 4.78 is 0. The standard InChI is InChI=1S/C13H15N3OS/c1-2-9-5-11-10(8-17)6-15-12(16(11)7-9)13-14-3-4-18-13/h3-4,8-9H,2,5-7H2,1H3. The molecule has 3 heterocycles. The molecule has 18 heavy (non-hydrogen) atoms. The van der Waals surface area contributed by atoms with Gasteiger partial charge in [-0.25, -0.2) is 4.98 Å². The fourth-order valence-electron chi connectivity index (χ4n) is 2.57. The van der Waals surface area contributed by atoms with Crippen LogP contribution in [0.15, 0.2) is 27.8 Å². The molecular formula is C13H15N3OS. The third kappa shape index (κ3) is 1.79. The average Bonchev–Trinajstić information content (AvgIpc) is 3.06. The number of carbonyl (C=O) groups is 1. The van der Waals surface area contributed by atoms with Crippen molar-refractivity contribution in [3.8, 4) is 0 Å². The van der Waals surface area contributed by atoms with E-state index in [-0.39, 0.29) is 0 Å². The predicted molar refractivity (Wildman–Crippen MR) is 71.7 cm³/mol. The number of carbonyl (C=O) groups excluding carboxylic acids is 1. The van der Waals surface area contributed by atoms with Gasteiger partial charge in [-0.05, 0) is 12.3 Å². The lowest BCUT2D eigenvalue weighted by molar-refractivity contribution is -0.105. The molecule has 0 spiro atoms. The summed E-state index contributed by atoms with van der Waals surface area (Å²) in [6.45, 7) is 3.66. The number of fused-ring (bicyclic) bond motifs is 1. The van der Waals surface area contributed by atoms with Crippen molar-refractivity contribution >= 4 is 23.5 Å². The Bertz CT molecular complexity index is 518. The summed E-state index contributed by atoms with van der Waals surface area (Å²) in [7, 11) is 0.